The summed E-state index contributed by atoms with van der Waals surface area (Å²) in [5.74, 6) is -5.47. The lowest BCUT2D eigenvalue weighted by Gasteiger charge is -2.54. The van der Waals surface area contributed by atoms with Gasteiger partial charge < -0.3 is 28.8 Å². The number of esters is 5. The zero-order chi connectivity index (χ0) is 28.6. The van der Waals surface area contributed by atoms with E-state index in [2.05, 4.69) is 0 Å². The Balaban J connectivity index is 2.39. The minimum atomic E-state index is -2.14. The van der Waals surface area contributed by atoms with Crippen LogP contribution in [-0.4, -0.2) is 72.1 Å². The van der Waals surface area contributed by atoms with Crippen LogP contribution in [0, 0.1) is 17.3 Å². The van der Waals surface area contributed by atoms with Crippen molar-refractivity contribution in [2.45, 2.75) is 90.8 Å². The molecule has 0 bridgehead atoms. The van der Waals surface area contributed by atoms with Gasteiger partial charge in [0.05, 0.1) is 18.4 Å². The third kappa shape index (κ3) is 5.08. The fourth-order valence-corrected chi connectivity index (χ4v) is 6.20. The lowest BCUT2D eigenvalue weighted by Crippen LogP contribution is -2.65. The van der Waals surface area contributed by atoms with Gasteiger partial charge in [-0.3, -0.25) is 19.2 Å². The Kier molecular flexibility index (Phi) is 8.40. The third-order valence-corrected chi connectivity index (χ3v) is 8.09. The van der Waals surface area contributed by atoms with E-state index in [0.29, 0.717) is 5.57 Å². The molecule has 0 saturated carbocycles. The second kappa shape index (κ2) is 10.9. The Hall–Kier alpha value is -3.21. The number of aliphatic hydroxyl groups is 1. The van der Waals surface area contributed by atoms with Crippen LogP contribution in [-0.2, 0) is 47.7 Å². The highest BCUT2D eigenvalue weighted by atomic mass is 16.6. The number of hydrogen-bond acceptors (Lipinski definition) is 11. The summed E-state index contributed by atoms with van der Waals surface area (Å²) in [7, 11) is 1.19. The molecule has 11 heteroatoms. The van der Waals surface area contributed by atoms with Crippen molar-refractivity contribution in [3.8, 4) is 0 Å². The van der Waals surface area contributed by atoms with E-state index in [0.717, 1.165) is 0 Å². The first-order chi connectivity index (χ1) is 17.7. The van der Waals surface area contributed by atoms with Gasteiger partial charge in [0.25, 0.3) is 0 Å². The molecule has 1 heterocycles. The molecule has 0 radical (unpaired) electrons. The van der Waals surface area contributed by atoms with Gasteiger partial charge in [-0.15, -0.1) is 0 Å². The highest BCUT2D eigenvalue weighted by molar-refractivity contribution is 5.89. The Morgan fingerprint density at radius 1 is 1.03 bits per heavy atom. The van der Waals surface area contributed by atoms with Crippen LogP contribution in [0.15, 0.2) is 23.3 Å². The molecule has 1 aliphatic heterocycles. The Morgan fingerprint density at radius 3 is 2.16 bits per heavy atom. The van der Waals surface area contributed by atoms with Gasteiger partial charge in [-0.2, -0.15) is 0 Å². The minimum absolute atomic E-state index is 0.0270. The highest BCUT2D eigenvalue weighted by Gasteiger charge is 2.67. The van der Waals surface area contributed by atoms with Gasteiger partial charge >= 0.3 is 29.8 Å². The van der Waals surface area contributed by atoms with Gasteiger partial charge in [0.15, 0.2) is 11.7 Å². The van der Waals surface area contributed by atoms with Crippen molar-refractivity contribution in [1.82, 2.24) is 0 Å². The summed E-state index contributed by atoms with van der Waals surface area (Å²) >= 11 is 0. The summed E-state index contributed by atoms with van der Waals surface area (Å²) in [5.41, 5.74) is -2.65. The first-order valence-corrected chi connectivity index (χ1v) is 12.6. The second-order valence-corrected chi connectivity index (χ2v) is 10.4. The van der Waals surface area contributed by atoms with E-state index >= 15 is 0 Å². The van der Waals surface area contributed by atoms with Gasteiger partial charge in [-0.05, 0) is 32.8 Å². The van der Waals surface area contributed by atoms with Crippen molar-refractivity contribution in [2.24, 2.45) is 17.3 Å². The van der Waals surface area contributed by atoms with E-state index in [9.17, 15) is 29.1 Å². The number of hydrogen-bond donors (Lipinski definition) is 1. The molecule has 0 amide bonds. The maximum absolute atomic E-state index is 12.8. The van der Waals surface area contributed by atoms with Gasteiger partial charge in [0, 0.05) is 38.7 Å². The topological polar surface area (TPSA) is 152 Å². The van der Waals surface area contributed by atoms with Crippen molar-refractivity contribution in [1.29, 1.82) is 0 Å². The number of ether oxygens (including phenoxy) is 5. The quantitative estimate of drug-likeness (QED) is 0.319. The molecule has 0 aromatic carbocycles. The minimum Gasteiger partial charge on any atom is -0.466 e. The molecule has 1 fully saturated rings. The lowest BCUT2D eigenvalue weighted by molar-refractivity contribution is -0.216. The Bertz CT molecular complexity index is 1070. The first kappa shape index (κ1) is 29.3. The standard InChI is InChI=1S/C27H36O11/c1-13-8-10-19(35-15(3)28)26(6)20(36-16(4)29)11-9-18(25(32)34-7)12-21-27(33,14(2)24(31)38-21)23(22(13)26)37-17(5)30/h8,12,14,19-23,33H,9-11H2,1-7H3/b18-12+/t14-,19-,20+,21-,22+,23+,26+,27-/m0/s1. The van der Waals surface area contributed by atoms with E-state index in [1.807, 2.05) is 6.08 Å². The van der Waals surface area contributed by atoms with Crippen LogP contribution in [0.5, 0.6) is 0 Å². The summed E-state index contributed by atoms with van der Waals surface area (Å²) in [5, 5.41) is 12.3. The monoisotopic (exact) mass is 536 g/mol. The van der Waals surface area contributed by atoms with Gasteiger partial charge in [0.1, 0.15) is 18.3 Å². The molecule has 1 saturated heterocycles. The molecular formula is C27H36O11. The molecule has 11 nitrogen and oxygen atoms in total. The van der Waals surface area contributed by atoms with Crippen LogP contribution >= 0.6 is 0 Å². The van der Waals surface area contributed by atoms with Crippen LogP contribution in [0.3, 0.4) is 0 Å². The third-order valence-electron chi connectivity index (χ3n) is 8.09. The average Bonchev–Trinajstić information content (AvgIpc) is 3.04. The van der Waals surface area contributed by atoms with Gasteiger partial charge in [-0.1, -0.05) is 18.6 Å². The van der Waals surface area contributed by atoms with Crippen LogP contribution in [0.1, 0.15) is 60.8 Å². The molecule has 2 aliphatic carbocycles. The smallest absolute Gasteiger partial charge is 0.333 e. The molecule has 0 aromatic rings. The van der Waals surface area contributed by atoms with Crippen LogP contribution < -0.4 is 0 Å². The van der Waals surface area contributed by atoms with Crippen molar-refractivity contribution in [3.05, 3.63) is 23.3 Å². The number of carbonyl (C=O) groups is 5. The number of methoxy groups -OCH3 is 1. The largest absolute Gasteiger partial charge is 0.466 e. The molecular weight excluding hydrogens is 500 g/mol. The maximum atomic E-state index is 12.8. The summed E-state index contributed by atoms with van der Waals surface area (Å²) < 4.78 is 27.8. The van der Waals surface area contributed by atoms with Crippen LogP contribution in [0.4, 0.5) is 0 Å². The fraction of sp³-hybridized carbons (Fsp3) is 0.667. The zero-order valence-electron chi connectivity index (χ0n) is 22.8. The van der Waals surface area contributed by atoms with E-state index < -0.39 is 77.1 Å². The summed E-state index contributed by atoms with van der Waals surface area (Å²) in [4.78, 5) is 62.5. The SMILES string of the molecule is COC(=O)/C1=C/[C@@H]2OC(=O)[C@H](C)[C@@]2(O)[C@H](OC(C)=O)[C@H]2C(C)=CC[C@H](OC(C)=O)[C@]2(C)[C@H](OC(C)=O)CC1. The number of fused-ring (bicyclic) bond motifs is 2. The lowest BCUT2D eigenvalue weighted by atomic mass is 9.56. The zero-order valence-corrected chi connectivity index (χ0v) is 22.8. The summed E-state index contributed by atoms with van der Waals surface area (Å²) in [6.07, 6.45) is -1.10. The molecule has 3 rings (SSSR count). The molecule has 3 aliphatic rings. The van der Waals surface area contributed by atoms with E-state index in [4.69, 9.17) is 23.7 Å². The van der Waals surface area contributed by atoms with E-state index in [1.54, 1.807) is 13.8 Å². The normalized spacial score (nSPS) is 38.2. The molecule has 38 heavy (non-hydrogen) atoms. The second-order valence-electron chi connectivity index (χ2n) is 10.4. The molecule has 0 aromatic heterocycles. The maximum Gasteiger partial charge on any atom is 0.333 e. The Morgan fingerprint density at radius 2 is 1.61 bits per heavy atom. The van der Waals surface area contributed by atoms with E-state index in [-0.39, 0.29) is 24.8 Å². The first-order valence-electron chi connectivity index (χ1n) is 12.6. The predicted octanol–water partition coefficient (Wildman–Crippen LogP) is 1.94. The highest BCUT2D eigenvalue weighted by Crippen LogP contribution is 2.55. The van der Waals surface area contributed by atoms with Crippen LogP contribution in [0.2, 0.25) is 0 Å². The van der Waals surface area contributed by atoms with Crippen LogP contribution in [0.25, 0.3) is 0 Å². The van der Waals surface area contributed by atoms with Crippen molar-refractivity contribution in [3.63, 3.8) is 0 Å². The van der Waals surface area contributed by atoms with E-state index in [1.165, 1.54) is 40.9 Å². The number of carbonyl (C=O) groups excluding carboxylic acids is 5. The summed E-state index contributed by atoms with van der Waals surface area (Å²) in [6.45, 7) is 8.61. The van der Waals surface area contributed by atoms with Gasteiger partial charge in [0.2, 0.25) is 0 Å². The predicted molar refractivity (Wildman–Crippen MR) is 130 cm³/mol. The molecule has 0 spiro atoms. The summed E-state index contributed by atoms with van der Waals surface area (Å²) in [6, 6.07) is 0. The van der Waals surface area contributed by atoms with Gasteiger partial charge in [-0.25, -0.2) is 4.79 Å². The number of rotatable bonds is 4. The molecule has 8 atom stereocenters. The molecule has 1 N–H and O–H groups in total. The van der Waals surface area contributed by atoms with Crippen molar-refractivity contribution in [2.75, 3.05) is 7.11 Å². The average molecular weight is 537 g/mol. The molecule has 0 unspecified atom stereocenters. The van der Waals surface area contributed by atoms with Crippen molar-refractivity contribution >= 4 is 29.8 Å². The van der Waals surface area contributed by atoms with Crippen molar-refractivity contribution < 1.29 is 52.8 Å². The Labute approximate surface area is 221 Å². The molecule has 210 valence electrons. The fourth-order valence-electron chi connectivity index (χ4n) is 6.20.